The van der Waals surface area contributed by atoms with E-state index in [1.807, 2.05) is 0 Å². The Morgan fingerprint density at radius 2 is 1.56 bits per heavy atom. The fraction of sp³-hybridized carbons (Fsp3) is 1.00. The molecule has 0 amide bonds. The van der Waals surface area contributed by atoms with E-state index in [1.54, 1.807) is 0 Å². The Hall–Kier alpha value is -0.120. The number of hydrogen-bond acceptors (Lipinski definition) is 3. The van der Waals surface area contributed by atoms with Gasteiger partial charge in [-0.25, -0.2) is 0 Å². The van der Waals surface area contributed by atoms with Gasteiger partial charge in [-0.2, -0.15) is 0 Å². The average molecular weight is 226 g/mol. The minimum Gasteiger partial charge on any atom is -0.381 e. The third kappa shape index (κ3) is 2.96. The highest BCUT2D eigenvalue weighted by molar-refractivity contribution is 4.85. The summed E-state index contributed by atoms with van der Waals surface area (Å²) in [4.78, 5) is 0. The lowest BCUT2D eigenvalue weighted by atomic mass is 9.74. The van der Waals surface area contributed by atoms with Gasteiger partial charge in [0, 0.05) is 19.3 Å². The second kappa shape index (κ2) is 5.99. The van der Waals surface area contributed by atoms with E-state index < -0.39 is 0 Å². The number of hydrogen-bond donors (Lipinski definition) is 2. The first-order chi connectivity index (χ1) is 7.81. The van der Waals surface area contributed by atoms with Gasteiger partial charge in [-0.05, 0) is 43.4 Å². The van der Waals surface area contributed by atoms with Crippen LogP contribution in [0.5, 0.6) is 0 Å². The van der Waals surface area contributed by atoms with E-state index in [0.29, 0.717) is 6.04 Å². The molecule has 1 heterocycles. The molecule has 94 valence electrons. The molecule has 3 N–H and O–H groups in total. The van der Waals surface area contributed by atoms with Crippen LogP contribution in [0, 0.1) is 17.8 Å². The summed E-state index contributed by atoms with van der Waals surface area (Å²) in [5.74, 6) is 8.23. The maximum atomic E-state index is 5.78. The van der Waals surface area contributed by atoms with Gasteiger partial charge in [-0.1, -0.05) is 19.8 Å². The summed E-state index contributed by atoms with van der Waals surface area (Å²) < 4.78 is 5.43. The van der Waals surface area contributed by atoms with Crippen LogP contribution in [0.25, 0.3) is 0 Å². The number of nitrogens with two attached hydrogens (primary N) is 1. The molecule has 0 spiro atoms. The summed E-state index contributed by atoms with van der Waals surface area (Å²) in [6.45, 7) is 4.22. The summed E-state index contributed by atoms with van der Waals surface area (Å²) in [6.07, 6.45) is 7.83. The fourth-order valence-electron chi connectivity index (χ4n) is 3.38. The van der Waals surface area contributed by atoms with Gasteiger partial charge in [0.05, 0.1) is 0 Å². The van der Waals surface area contributed by atoms with Crippen molar-refractivity contribution >= 4 is 0 Å². The fourth-order valence-corrected chi connectivity index (χ4v) is 3.38. The van der Waals surface area contributed by atoms with Crippen LogP contribution in [-0.4, -0.2) is 19.3 Å². The lowest BCUT2D eigenvalue weighted by Gasteiger charge is -2.38. The van der Waals surface area contributed by atoms with E-state index in [9.17, 15) is 0 Å². The lowest BCUT2D eigenvalue weighted by Crippen LogP contribution is -2.48. The number of ether oxygens (including phenoxy) is 1. The Balaban J connectivity index is 1.88. The first-order valence-corrected chi connectivity index (χ1v) is 6.85. The molecule has 3 nitrogen and oxygen atoms in total. The van der Waals surface area contributed by atoms with Crippen molar-refractivity contribution in [1.29, 1.82) is 0 Å². The van der Waals surface area contributed by atoms with Crippen molar-refractivity contribution < 1.29 is 4.74 Å². The van der Waals surface area contributed by atoms with Gasteiger partial charge in [0.2, 0.25) is 0 Å². The van der Waals surface area contributed by atoms with Gasteiger partial charge >= 0.3 is 0 Å². The summed E-state index contributed by atoms with van der Waals surface area (Å²) >= 11 is 0. The third-order valence-electron chi connectivity index (χ3n) is 4.53. The van der Waals surface area contributed by atoms with Crippen LogP contribution in [0.2, 0.25) is 0 Å². The van der Waals surface area contributed by atoms with Crippen molar-refractivity contribution in [2.45, 2.75) is 51.5 Å². The van der Waals surface area contributed by atoms with Gasteiger partial charge in [0.25, 0.3) is 0 Å². The Kier molecular flexibility index (Phi) is 4.62. The van der Waals surface area contributed by atoms with Crippen LogP contribution in [0.4, 0.5) is 0 Å². The molecule has 1 saturated heterocycles. The molecule has 0 radical (unpaired) electrons. The Morgan fingerprint density at radius 3 is 2.12 bits per heavy atom. The van der Waals surface area contributed by atoms with Crippen molar-refractivity contribution in [3.63, 3.8) is 0 Å². The predicted molar refractivity (Wildman–Crippen MR) is 65.8 cm³/mol. The van der Waals surface area contributed by atoms with Crippen LogP contribution in [0.1, 0.15) is 45.4 Å². The van der Waals surface area contributed by atoms with E-state index in [1.165, 1.54) is 38.5 Å². The summed E-state index contributed by atoms with van der Waals surface area (Å²) in [6, 6.07) is 0.524. The highest BCUT2D eigenvalue weighted by Gasteiger charge is 2.31. The molecule has 1 unspecified atom stereocenters. The van der Waals surface area contributed by atoms with E-state index in [-0.39, 0.29) is 0 Å². The van der Waals surface area contributed by atoms with Crippen LogP contribution in [0.15, 0.2) is 0 Å². The second-order valence-electron chi connectivity index (χ2n) is 5.66. The minimum atomic E-state index is 0.524. The molecular weight excluding hydrogens is 200 g/mol. The van der Waals surface area contributed by atoms with Crippen molar-refractivity contribution in [3.05, 3.63) is 0 Å². The molecule has 2 fully saturated rings. The first kappa shape index (κ1) is 12.3. The Labute approximate surface area is 99.1 Å². The maximum absolute atomic E-state index is 5.78. The average Bonchev–Trinajstić information content (AvgIpc) is 2.34. The SMILES string of the molecule is CC1CCC(C(NN)C2CCOCC2)CC1. The molecule has 2 rings (SSSR count). The van der Waals surface area contributed by atoms with Gasteiger partial charge in [0.15, 0.2) is 0 Å². The smallest absolute Gasteiger partial charge is 0.0469 e. The highest BCUT2D eigenvalue weighted by Crippen LogP contribution is 2.34. The van der Waals surface area contributed by atoms with Crippen LogP contribution in [0.3, 0.4) is 0 Å². The van der Waals surface area contributed by atoms with E-state index >= 15 is 0 Å². The summed E-state index contributed by atoms with van der Waals surface area (Å²) in [7, 11) is 0. The molecule has 3 heteroatoms. The topological polar surface area (TPSA) is 47.3 Å². The summed E-state index contributed by atoms with van der Waals surface area (Å²) in [5, 5.41) is 0. The summed E-state index contributed by atoms with van der Waals surface area (Å²) in [5.41, 5.74) is 3.10. The van der Waals surface area contributed by atoms with Crippen molar-refractivity contribution in [2.75, 3.05) is 13.2 Å². The molecule has 1 aliphatic carbocycles. The monoisotopic (exact) mass is 226 g/mol. The molecule has 0 aromatic carbocycles. The first-order valence-electron chi connectivity index (χ1n) is 6.85. The Morgan fingerprint density at radius 1 is 1.00 bits per heavy atom. The highest BCUT2D eigenvalue weighted by atomic mass is 16.5. The van der Waals surface area contributed by atoms with Gasteiger partial charge in [-0.15, -0.1) is 0 Å². The van der Waals surface area contributed by atoms with Crippen LogP contribution in [-0.2, 0) is 4.74 Å². The van der Waals surface area contributed by atoms with Crippen molar-refractivity contribution in [3.8, 4) is 0 Å². The molecule has 16 heavy (non-hydrogen) atoms. The standard InChI is InChI=1S/C13H26N2O/c1-10-2-4-11(5-3-10)13(15-14)12-6-8-16-9-7-12/h10-13,15H,2-9,14H2,1H3. The molecule has 1 atom stereocenters. The van der Waals surface area contributed by atoms with Gasteiger partial charge in [-0.3, -0.25) is 11.3 Å². The number of hydrazine groups is 1. The van der Waals surface area contributed by atoms with E-state index in [4.69, 9.17) is 10.6 Å². The largest absolute Gasteiger partial charge is 0.381 e. The number of nitrogens with one attached hydrogen (secondary N) is 1. The zero-order chi connectivity index (χ0) is 11.4. The second-order valence-corrected chi connectivity index (χ2v) is 5.66. The predicted octanol–water partition coefficient (Wildman–Crippen LogP) is 2.07. The number of rotatable bonds is 3. The molecule has 0 bridgehead atoms. The van der Waals surface area contributed by atoms with E-state index in [0.717, 1.165) is 31.0 Å². The van der Waals surface area contributed by atoms with Gasteiger partial charge < -0.3 is 4.74 Å². The maximum Gasteiger partial charge on any atom is 0.0469 e. The zero-order valence-corrected chi connectivity index (χ0v) is 10.5. The normalized spacial score (nSPS) is 34.9. The Bertz CT molecular complexity index is 196. The molecule has 1 aliphatic heterocycles. The molecule has 1 saturated carbocycles. The quantitative estimate of drug-likeness (QED) is 0.572. The van der Waals surface area contributed by atoms with Crippen LogP contribution < -0.4 is 11.3 Å². The minimum absolute atomic E-state index is 0.524. The van der Waals surface area contributed by atoms with Crippen LogP contribution >= 0.6 is 0 Å². The zero-order valence-electron chi connectivity index (χ0n) is 10.5. The molecule has 0 aromatic rings. The van der Waals surface area contributed by atoms with Gasteiger partial charge in [0.1, 0.15) is 0 Å². The molecule has 0 aromatic heterocycles. The molecule has 2 aliphatic rings. The van der Waals surface area contributed by atoms with Crippen molar-refractivity contribution in [2.24, 2.45) is 23.6 Å². The molecular formula is C13H26N2O. The van der Waals surface area contributed by atoms with E-state index in [2.05, 4.69) is 12.3 Å². The lowest BCUT2D eigenvalue weighted by molar-refractivity contribution is 0.0388. The third-order valence-corrected chi connectivity index (χ3v) is 4.53. The van der Waals surface area contributed by atoms with Crippen molar-refractivity contribution in [1.82, 2.24) is 5.43 Å².